The third-order valence-corrected chi connectivity index (χ3v) is 7.23. The Hall–Kier alpha value is -1.07. The number of guanidine groups is 1. The van der Waals surface area contributed by atoms with Crippen LogP contribution >= 0.6 is 24.0 Å². The summed E-state index contributed by atoms with van der Waals surface area (Å²) in [6.07, 6.45) is 2.22. The van der Waals surface area contributed by atoms with Gasteiger partial charge in [-0.2, -0.15) is 0 Å². The third-order valence-electron chi connectivity index (χ3n) is 5.15. The standard InChI is InChI=1S/C22H38N4O3S.HI/c1-5-17-30(27,28)26-14-11-19(12-15-26)25-22(23-6-2)24-13-16-29-21-10-8-7-9-20(21)18(3)4;/h7-10,18-19H,5-6,11-17H2,1-4H3,(H2,23,24,25);1H. The molecule has 2 rings (SSSR count). The van der Waals surface area contributed by atoms with Gasteiger partial charge in [0.2, 0.25) is 10.0 Å². The Morgan fingerprint density at radius 3 is 2.52 bits per heavy atom. The molecule has 1 fully saturated rings. The van der Waals surface area contributed by atoms with Gasteiger partial charge in [0.25, 0.3) is 0 Å². The zero-order valence-corrected chi connectivity index (χ0v) is 22.4. The van der Waals surface area contributed by atoms with Crippen LogP contribution in [0.2, 0.25) is 0 Å². The molecule has 0 saturated carbocycles. The van der Waals surface area contributed by atoms with Crippen LogP contribution in [0, 0.1) is 0 Å². The third kappa shape index (κ3) is 9.13. The Morgan fingerprint density at radius 2 is 1.90 bits per heavy atom. The smallest absolute Gasteiger partial charge is 0.214 e. The van der Waals surface area contributed by atoms with E-state index in [1.165, 1.54) is 5.56 Å². The van der Waals surface area contributed by atoms with E-state index >= 15 is 0 Å². The molecule has 0 aliphatic carbocycles. The molecule has 0 atom stereocenters. The number of nitrogens with one attached hydrogen (secondary N) is 2. The zero-order valence-electron chi connectivity index (χ0n) is 19.3. The second-order valence-electron chi connectivity index (χ2n) is 7.94. The molecular weight excluding hydrogens is 527 g/mol. The van der Waals surface area contributed by atoms with Gasteiger partial charge < -0.3 is 15.4 Å². The largest absolute Gasteiger partial charge is 0.491 e. The normalized spacial score (nSPS) is 16.1. The van der Waals surface area contributed by atoms with Gasteiger partial charge in [0.05, 0.1) is 12.3 Å². The maximum atomic E-state index is 12.2. The maximum absolute atomic E-state index is 12.2. The van der Waals surface area contributed by atoms with Crippen molar-refractivity contribution in [2.24, 2.45) is 4.99 Å². The molecule has 1 heterocycles. The van der Waals surface area contributed by atoms with Crippen LogP contribution in [0.25, 0.3) is 0 Å². The van der Waals surface area contributed by atoms with E-state index in [-0.39, 0.29) is 35.8 Å². The van der Waals surface area contributed by atoms with Crippen molar-refractivity contribution < 1.29 is 13.2 Å². The lowest BCUT2D eigenvalue weighted by Crippen LogP contribution is -2.50. The molecule has 0 radical (unpaired) electrons. The Bertz CT molecular complexity index is 779. The number of piperidine rings is 1. The van der Waals surface area contributed by atoms with Crippen molar-refractivity contribution in [3.63, 3.8) is 0 Å². The van der Waals surface area contributed by atoms with Gasteiger partial charge in [-0.05, 0) is 43.7 Å². The molecule has 7 nitrogen and oxygen atoms in total. The first-order valence-corrected chi connectivity index (χ1v) is 12.7. The monoisotopic (exact) mass is 566 g/mol. The highest BCUT2D eigenvalue weighted by atomic mass is 127. The van der Waals surface area contributed by atoms with Crippen LogP contribution in [-0.4, -0.2) is 63.3 Å². The molecular formula is C22H39IN4O3S. The average molecular weight is 567 g/mol. The fourth-order valence-corrected chi connectivity index (χ4v) is 5.12. The first kappa shape index (κ1) is 28.0. The van der Waals surface area contributed by atoms with Crippen LogP contribution in [0.3, 0.4) is 0 Å². The second kappa shape index (κ2) is 14.2. The fourth-order valence-electron chi connectivity index (χ4n) is 3.58. The van der Waals surface area contributed by atoms with E-state index in [9.17, 15) is 8.42 Å². The molecule has 0 bridgehead atoms. The first-order valence-electron chi connectivity index (χ1n) is 11.1. The van der Waals surface area contributed by atoms with E-state index in [1.54, 1.807) is 4.31 Å². The summed E-state index contributed by atoms with van der Waals surface area (Å²) in [6.45, 7) is 11.2. The van der Waals surface area contributed by atoms with E-state index in [1.807, 2.05) is 32.0 Å². The van der Waals surface area contributed by atoms with Crippen molar-refractivity contribution in [3.8, 4) is 5.75 Å². The zero-order chi connectivity index (χ0) is 22.0. The molecule has 0 unspecified atom stereocenters. The number of halogens is 1. The van der Waals surface area contributed by atoms with Gasteiger partial charge in [-0.1, -0.05) is 39.0 Å². The van der Waals surface area contributed by atoms with Crippen molar-refractivity contribution in [1.82, 2.24) is 14.9 Å². The number of aliphatic imine (C=N–C) groups is 1. The molecule has 1 aromatic carbocycles. The van der Waals surface area contributed by atoms with Crippen LogP contribution in [0.15, 0.2) is 29.3 Å². The molecule has 0 aromatic heterocycles. The predicted molar refractivity (Wildman–Crippen MR) is 139 cm³/mol. The van der Waals surface area contributed by atoms with E-state index in [0.29, 0.717) is 38.6 Å². The highest BCUT2D eigenvalue weighted by Crippen LogP contribution is 2.25. The molecule has 1 aromatic rings. The minimum Gasteiger partial charge on any atom is -0.491 e. The Labute approximate surface area is 205 Å². The molecule has 178 valence electrons. The molecule has 9 heteroatoms. The topological polar surface area (TPSA) is 83.0 Å². The van der Waals surface area contributed by atoms with Gasteiger partial charge in [-0.25, -0.2) is 17.7 Å². The minimum atomic E-state index is -3.11. The van der Waals surface area contributed by atoms with Crippen LogP contribution in [-0.2, 0) is 10.0 Å². The van der Waals surface area contributed by atoms with Crippen molar-refractivity contribution in [1.29, 1.82) is 0 Å². The molecule has 1 aliphatic rings. The number of hydrogen-bond donors (Lipinski definition) is 2. The lowest BCUT2D eigenvalue weighted by molar-refractivity contribution is 0.305. The van der Waals surface area contributed by atoms with E-state index < -0.39 is 10.0 Å². The fraction of sp³-hybridized carbons (Fsp3) is 0.682. The van der Waals surface area contributed by atoms with Crippen LogP contribution in [0.4, 0.5) is 0 Å². The summed E-state index contributed by atoms with van der Waals surface area (Å²) >= 11 is 0. The first-order chi connectivity index (χ1) is 14.4. The van der Waals surface area contributed by atoms with Crippen molar-refractivity contribution in [2.75, 3.05) is 38.5 Å². The van der Waals surface area contributed by atoms with Crippen molar-refractivity contribution in [3.05, 3.63) is 29.8 Å². The van der Waals surface area contributed by atoms with E-state index in [0.717, 1.165) is 31.1 Å². The average Bonchev–Trinajstić information content (AvgIpc) is 2.72. The van der Waals surface area contributed by atoms with Gasteiger partial charge >= 0.3 is 0 Å². The summed E-state index contributed by atoms with van der Waals surface area (Å²) in [5.74, 6) is 2.32. The summed E-state index contributed by atoms with van der Waals surface area (Å²) in [5.41, 5.74) is 1.20. The highest BCUT2D eigenvalue weighted by molar-refractivity contribution is 14.0. The summed E-state index contributed by atoms with van der Waals surface area (Å²) < 4.78 is 32.0. The Kier molecular flexibility index (Phi) is 12.8. The summed E-state index contributed by atoms with van der Waals surface area (Å²) in [4.78, 5) is 4.63. The quantitative estimate of drug-likeness (QED) is 0.196. The van der Waals surface area contributed by atoms with E-state index in [4.69, 9.17) is 4.74 Å². The lowest BCUT2D eigenvalue weighted by atomic mass is 10.0. The van der Waals surface area contributed by atoms with Crippen molar-refractivity contribution in [2.45, 2.75) is 58.9 Å². The SMILES string of the molecule is CCCS(=O)(=O)N1CCC(NC(=NCCOc2ccccc2C(C)C)NCC)CC1.I. The Morgan fingerprint density at radius 1 is 1.23 bits per heavy atom. The molecule has 0 spiro atoms. The molecule has 2 N–H and O–H groups in total. The number of rotatable bonds is 10. The number of nitrogens with zero attached hydrogens (tertiary/aromatic N) is 2. The number of para-hydroxylation sites is 1. The maximum Gasteiger partial charge on any atom is 0.214 e. The second-order valence-corrected chi connectivity index (χ2v) is 10.0. The number of benzene rings is 1. The van der Waals surface area contributed by atoms with Crippen LogP contribution in [0.1, 0.15) is 58.4 Å². The Balaban J connectivity index is 0.00000480. The number of hydrogen-bond acceptors (Lipinski definition) is 4. The molecule has 1 saturated heterocycles. The predicted octanol–water partition coefficient (Wildman–Crippen LogP) is 3.57. The van der Waals surface area contributed by atoms with Gasteiger partial charge in [0, 0.05) is 25.7 Å². The summed E-state index contributed by atoms with van der Waals surface area (Å²) in [6, 6.07) is 8.35. The van der Waals surface area contributed by atoms with E-state index in [2.05, 4.69) is 35.5 Å². The van der Waals surface area contributed by atoms with Gasteiger partial charge in [-0.15, -0.1) is 24.0 Å². The lowest BCUT2D eigenvalue weighted by Gasteiger charge is -2.32. The summed E-state index contributed by atoms with van der Waals surface area (Å²) in [5, 5.41) is 6.72. The van der Waals surface area contributed by atoms with Gasteiger partial charge in [0.15, 0.2) is 5.96 Å². The number of ether oxygens (including phenoxy) is 1. The number of sulfonamides is 1. The van der Waals surface area contributed by atoms with Crippen molar-refractivity contribution >= 4 is 40.0 Å². The highest BCUT2D eigenvalue weighted by Gasteiger charge is 2.27. The molecule has 1 aliphatic heterocycles. The summed E-state index contributed by atoms with van der Waals surface area (Å²) in [7, 11) is -3.11. The molecule has 31 heavy (non-hydrogen) atoms. The van der Waals surface area contributed by atoms with Crippen LogP contribution in [0.5, 0.6) is 5.75 Å². The van der Waals surface area contributed by atoms with Crippen LogP contribution < -0.4 is 15.4 Å². The van der Waals surface area contributed by atoms with Gasteiger partial charge in [-0.3, -0.25) is 0 Å². The van der Waals surface area contributed by atoms with Gasteiger partial charge in [0.1, 0.15) is 12.4 Å². The minimum absolute atomic E-state index is 0. The molecule has 0 amide bonds.